The zero-order valence-electron chi connectivity index (χ0n) is 13.7. The van der Waals surface area contributed by atoms with E-state index in [1.54, 1.807) is 7.05 Å². The van der Waals surface area contributed by atoms with Gasteiger partial charge in [-0.2, -0.15) is 0 Å². The molecule has 0 bridgehead atoms. The van der Waals surface area contributed by atoms with Crippen LogP contribution in [0.15, 0.2) is 29.2 Å². The van der Waals surface area contributed by atoms with Crippen LogP contribution in [0.4, 0.5) is 0 Å². The van der Waals surface area contributed by atoms with Gasteiger partial charge in [-0.15, -0.1) is 0 Å². The van der Waals surface area contributed by atoms with Crippen LogP contribution < -0.4 is 0 Å². The van der Waals surface area contributed by atoms with Crippen molar-refractivity contribution in [2.24, 2.45) is 0 Å². The van der Waals surface area contributed by atoms with Gasteiger partial charge in [-0.1, -0.05) is 36.1 Å². The minimum atomic E-state index is -0.0809. The second-order valence-corrected chi connectivity index (χ2v) is 7.63. The van der Waals surface area contributed by atoms with Crippen LogP contribution in [-0.4, -0.2) is 71.1 Å². The lowest BCUT2D eigenvalue weighted by Gasteiger charge is -2.32. The van der Waals surface area contributed by atoms with Gasteiger partial charge in [0, 0.05) is 38.8 Å². The molecule has 2 amide bonds. The number of amides is 2. The number of likely N-dealkylation sites (N-methyl/N-ethyl adjacent to an activating group) is 2. The fraction of sp³-hybridized carbons (Fsp3) is 0.353. The van der Waals surface area contributed by atoms with Gasteiger partial charge in [-0.3, -0.25) is 14.5 Å². The Morgan fingerprint density at radius 1 is 1.12 bits per heavy atom. The van der Waals surface area contributed by atoms with E-state index in [9.17, 15) is 9.59 Å². The molecule has 0 radical (unpaired) electrons. The third-order valence-electron chi connectivity index (χ3n) is 4.23. The third-order valence-corrected chi connectivity index (χ3v) is 5.72. The van der Waals surface area contributed by atoms with Crippen LogP contribution in [0.5, 0.6) is 0 Å². The summed E-state index contributed by atoms with van der Waals surface area (Å²) in [6.07, 6.45) is 1.81. The molecule has 2 fully saturated rings. The maximum Gasteiger partial charge on any atom is 0.265 e. The van der Waals surface area contributed by atoms with Crippen molar-refractivity contribution in [1.82, 2.24) is 14.7 Å². The lowest BCUT2D eigenvalue weighted by atomic mass is 10.1. The van der Waals surface area contributed by atoms with Crippen LogP contribution in [0.25, 0.3) is 6.08 Å². The van der Waals surface area contributed by atoms with Crippen molar-refractivity contribution in [3.63, 3.8) is 0 Å². The molecule has 0 spiro atoms. The summed E-state index contributed by atoms with van der Waals surface area (Å²) < 4.78 is 0.563. The van der Waals surface area contributed by atoms with E-state index in [2.05, 4.69) is 11.9 Å². The molecule has 126 valence electrons. The first-order chi connectivity index (χ1) is 11.5. The first kappa shape index (κ1) is 17.1. The van der Waals surface area contributed by atoms with Crippen LogP contribution in [0.1, 0.15) is 15.9 Å². The summed E-state index contributed by atoms with van der Waals surface area (Å²) in [6.45, 7) is 3.33. The zero-order valence-corrected chi connectivity index (χ0v) is 15.3. The molecule has 24 heavy (non-hydrogen) atoms. The molecule has 1 aromatic carbocycles. The Kier molecular flexibility index (Phi) is 5.03. The van der Waals surface area contributed by atoms with Crippen LogP contribution in [-0.2, 0) is 4.79 Å². The molecule has 1 aromatic rings. The fourth-order valence-electron chi connectivity index (χ4n) is 2.61. The Morgan fingerprint density at radius 2 is 1.75 bits per heavy atom. The molecule has 0 unspecified atom stereocenters. The van der Waals surface area contributed by atoms with Crippen molar-refractivity contribution in [2.75, 3.05) is 40.3 Å². The third kappa shape index (κ3) is 3.53. The number of nitrogens with zero attached hydrogens (tertiary/aromatic N) is 3. The average molecular weight is 361 g/mol. The Bertz CT molecular complexity index is 707. The van der Waals surface area contributed by atoms with Crippen molar-refractivity contribution in [3.8, 4) is 0 Å². The number of rotatable bonds is 2. The van der Waals surface area contributed by atoms with Crippen molar-refractivity contribution in [3.05, 3.63) is 40.3 Å². The Labute approximate surface area is 151 Å². The summed E-state index contributed by atoms with van der Waals surface area (Å²) >= 11 is 6.42. The summed E-state index contributed by atoms with van der Waals surface area (Å²) in [7, 11) is 3.74. The predicted octanol–water partition coefficient (Wildman–Crippen LogP) is 1.91. The molecule has 7 heteroatoms. The van der Waals surface area contributed by atoms with E-state index in [-0.39, 0.29) is 11.8 Å². The van der Waals surface area contributed by atoms with Crippen molar-refractivity contribution >= 4 is 46.2 Å². The number of thioether (sulfide) groups is 1. The number of piperazine rings is 1. The minimum absolute atomic E-state index is 0.0644. The Balaban J connectivity index is 1.71. The highest BCUT2D eigenvalue weighted by Crippen LogP contribution is 2.31. The minimum Gasteiger partial charge on any atom is -0.336 e. The van der Waals surface area contributed by atoms with Crippen LogP contribution in [0.3, 0.4) is 0 Å². The molecule has 2 heterocycles. The van der Waals surface area contributed by atoms with Gasteiger partial charge in [0.05, 0.1) is 4.91 Å². The SMILES string of the molecule is CN1CCN(C(=O)c2ccc(/C=C3\SC(=S)N(C)C3=O)cc2)CC1. The Hall–Kier alpha value is -1.70. The number of hydrogen-bond acceptors (Lipinski definition) is 5. The average Bonchev–Trinajstić information content (AvgIpc) is 2.83. The molecule has 0 saturated carbocycles. The van der Waals surface area contributed by atoms with Gasteiger partial charge < -0.3 is 9.80 Å². The molecule has 0 aliphatic carbocycles. The maximum absolute atomic E-state index is 12.5. The van der Waals surface area contributed by atoms with E-state index < -0.39 is 0 Å². The van der Waals surface area contributed by atoms with Crippen molar-refractivity contribution in [2.45, 2.75) is 0 Å². The highest BCUT2D eigenvalue weighted by atomic mass is 32.2. The summed E-state index contributed by atoms with van der Waals surface area (Å²) in [5.41, 5.74) is 1.57. The van der Waals surface area contributed by atoms with Gasteiger partial charge in [0.2, 0.25) is 0 Å². The van der Waals surface area contributed by atoms with Crippen molar-refractivity contribution < 1.29 is 9.59 Å². The van der Waals surface area contributed by atoms with Gasteiger partial charge in [-0.05, 0) is 30.8 Å². The monoisotopic (exact) mass is 361 g/mol. The molecule has 5 nitrogen and oxygen atoms in total. The standard InChI is InChI=1S/C17H19N3O2S2/c1-18-7-9-20(10-8-18)15(21)13-5-3-12(4-6-13)11-14-16(22)19(2)17(23)24-14/h3-6,11H,7-10H2,1-2H3/b14-11-. The van der Waals surface area contributed by atoms with E-state index in [4.69, 9.17) is 12.2 Å². The molecule has 2 saturated heterocycles. The van der Waals surface area contributed by atoms with E-state index in [0.29, 0.717) is 14.8 Å². The highest BCUT2D eigenvalue weighted by molar-refractivity contribution is 8.26. The number of thiocarbonyl (C=S) groups is 1. The second-order valence-electron chi connectivity index (χ2n) is 5.96. The molecule has 0 N–H and O–H groups in total. The lowest BCUT2D eigenvalue weighted by Crippen LogP contribution is -2.47. The lowest BCUT2D eigenvalue weighted by molar-refractivity contribution is -0.121. The molecule has 2 aliphatic rings. The first-order valence-corrected chi connectivity index (χ1v) is 8.97. The van der Waals surface area contributed by atoms with Gasteiger partial charge >= 0.3 is 0 Å². The van der Waals surface area contributed by atoms with Crippen LogP contribution in [0, 0.1) is 0 Å². The van der Waals surface area contributed by atoms with Gasteiger partial charge in [0.15, 0.2) is 0 Å². The fourth-order valence-corrected chi connectivity index (χ4v) is 3.79. The summed E-state index contributed by atoms with van der Waals surface area (Å²) in [4.78, 5) is 30.7. The number of benzene rings is 1. The molecule has 0 atom stereocenters. The van der Waals surface area contributed by atoms with Gasteiger partial charge in [0.1, 0.15) is 4.32 Å². The Morgan fingerprint density at radius 3 is 2.29 bits per heavy atom. The normalized spacial score (nSPS) is 21.0. The summed E-state index contributed by atoms with van der Waals surface area (Å²) in [5, 5.41) is 0. The topological polar surface area (TPSA) is 43.9 Å². The number of carbonyl (C=O) groups is 2. The quantitative estimate of drug-likeness (QED) is 0.595. The summed E-state index contributed by atoms with van der Waals surface area (Å²) in [5.74, 6) is -0.0166. The van der Waals surface area contributed by atoms with E-state index in [1.165, 1.54) is 16.7 Å². The molecular weight excluding hydrogens is 342 g/mol. The smallest absolute Gasteiger partial charge is 0.265 e. The van der Waals surface area contributed by atoms with E-state index in [1.807, 2.05) is 35.2 Å². The summed E-state index contributed by atoms with van der Waals surface area (Å²) in [6, 6.07) is 7.37. The van der Waals surface area contributed by atoms with E-state index in [0.717, 1.165) is 31.7 Å². The molecule has 2 aliphatic heterocycles. The van der Waals surface area contributed by atoms with Gasteiger partial charge in [0.25, 0.3) is 11.8 Å². The van der Waals surface area contributed by atoms with Crippen LogP contribution in [0.2, 0.25) is 0 Å². The molecule has 3 rings (SSSR count). The largest absolute Gasteiger partial charge is 0.336 e. The molecule has 0 aromatic heterocycles. The van der Waals surface area contributed by atoms with Crippen LogP contribution >= 0.6 is 24.0 Å². The highest BCUT2D eigenvalue weighted by Gasteiger charge is 2.28. The van der Waals surface area contributed by atoms with Crippen molar-refractivity contribution in [1.29, 1.82) is 0 Å². The predicted molar refractivity (Wildman–Crippen MR) is 101 cm³/mol. The number of hydrogen-bond donors (Lipinski definition) is 0. The van der Waals surface area contributed by atoms with E-state index >= 15 is 0 Å². The second kappa shape index (κ2) is 7.04. The maximum atomic E-state index is 12.5. The first-order valence-electron chi connectivity index (χ1n) is 7.75. The number of carbonyl (C=O) groups excluding carboxylic acids is 2. The molecular formula is C17H19N3O2S2. The zero-order chi connectivity index (χ0) is 17.3. The van der Waals surface area contributed by atoms with Gasteiger partial charge in [-0.25, -0.2) is 0 Å².